The van der Waals surface area contributed by atoms with Crippen LogP contribution in [0.1, 0.15) is 11.7 Å². The van der Waals surface area contributed by atoms with Gasteiger partial charge < -0.3 is 5.73 Å². The van der Waals surface area contributed by atoms with Crippen molar-refractivity contribution in [1.29, 1.82) is 0 Å². The van der Waals surface area contributed by atoms with E-state index in [2.05, 4.69) is 5.10 Å². The lowest BCUT2D eigenvalue weighted by Gasteiger charge is -2.15. The van der Waals surface area contributed by atoms with Crippen molar-refractivity contribution in [3.63, 3.8) is 0 Å². The predicted octanol–water partition coefficient (Wildman–Crippen LogP) is 1.64. The van der Waals surface area contributed by atoms with E-state index >= 15 is 0 Å². The SMILES string of the molecule is Cn1ncc(Cl)c1C(N)C(F)(F)F. The van der Waals surface area contributed by atoms with Crippen molar-refractivity contribution in [3.05, 3.63) is 16.9 Å². The summed E-state index contributed by atoms with van der Waals surface area (Å²) in [7, 11) is 1.35. The van der Waals surface area contributed by atoms with E-state index in [1.54, 1.807) is 0 Å². The highest BCUT2D eigenvalue weighted by atomic mass is 35.5. The molecule has 74 valence electrons. The molecular formula is C6H7ClF3N3. The summed E-state index contributed by atoms with van der Waals surface area (Å²) in [6.45, 7) is 0. The molecule has 13 heavy (non-hydrogen) atoms. The molecule has 1 unspecified atom stereocenters. The molecule has 1 rings (SSSR count). The Morgan fingerprint density at radius 3 is 2.46 bits per heavy atom. The summed E-state index contributed by atoms with van der Waals surface area (Å²) in [6, 6.07) is -2.09. The van der Waals surface area contributed by atoms with E-state index in [0.29, 0.717) is 0 Å². The zero-order valence-electron chi connectivity index (χ0n) is 6.64. The van der Waals surface area contributed by atoms with Crippen LogP contribution in [0, 0.1) is 0 Å². The number of aryl methyl sites for hydroxylation is 1. The summed E-state index contributed by atoms with van der Waals surface area (Å²) >= 11 is 5.48. The molecule has 0 aromatic carbocycles. The lowest BCUT2D eigenvalue weighted by molar-refractivity contribution is -0.150. The number of nitrogens with zero attached hydrogens (tertiary/aromatic N) is 2. The maximum Gasteiger partial charge on any atom is 0.409 e. The smallest absolute Gasteiger partial charge is 0.315 e. The fourth-order valence-corrected chi connectivity index (χ4v) is 1.21. The van der Waals surface area contributed by atoms with Gasteiger partial charge in [-0.05, 0) is 0 Å². The molecule has 0 saturated heterocycles. The minimum atomic E-state index is -4.50. The van der Waals surface area contributed by atoms with Crippen LogP contribution in [0.4, 0.5) is 13.2 Å². The Morgan fingerprint density at radius 1 is 1.62 bits per heavy atom. The highest BCUT2D eigenvalue weighted by Crippen LogP contribution is 2.33. The molecule has 0 saturated carbocycles. The van der Waals surface area contributed by atoms with Gasteiger partial charge in [-0.3, -0.25) is 4.68 Å². The Balaban J connectivity index is 3.08. The summed E-state index contributed by atoms with van der Waals surface area (Å²) in [5.41, 5.74) is 4.72. The van der Waals surface area contributed by atoms with Gasteiger partial charge in [-0.15, -0.1) is 0 Å². The highest BCUT2D eigenvalue weighted by molar-refractivity contribution is 6.31. The lowest BCUT2D eigenvalue weighted by atomic mass is 10.2. The van der Waals surface area contributed by atoms with Gasteiger partial charge in [0, 0.05) is 7.05 Å². The second-order valence-corrected chi connectivity index (χ2v) is 2.93. The van der Waals surface area contributed by atoms with Crippen molar-refractivity contribution in [2.45, 2.75) is 12.2 Å². The van der Waals surface area contributed by atoms with Crippen molar-refractivity contribution >= 4 is 11.6 Å². The number of halogens is 4. The summed E-state index contributed by atoms with van der Waals surface area (Å²) in [6.07, 6.45) is -3.38. The first kappa shape index (κ1) is 10.3. The standard InChI is InChI=1S/C6H7ClF3N3/c1-13-4(3(7)2-12-13)5(11)6(8,9)10/h2,5H,11H2,1H3. The first-order valence-electron chi connectivity index (χ1n) is 3.33. The second-order valence-electron chi connectivity index (χ2n) is 2.52. The molecule has 0 amide bonds. The number of nitrogens with two attached hydrogens (primary N) is 1. The van der Waals surface area contributed by atoms with Gasteiger partial charge in [-0.1, -0.05) is 11.6 Å². The molecule has 0 aliphatic carbocycles. The first-order valence-corrected chi connectivity index (χ1v) is 3.71. The van der Waals surface area contributed by atoms with Crippen LogP contribution in [0.2, 0.25) is 5.02 Å². The van der Waals surface area contributed by atoms with Gasteiger partial charge in [0.25, 0.3) is 0 Å². The van der Waals surface area contributed by atoms with E-state index in [1.165, 1.54) is 7.05 Å². The molecule has 1 heterocycles. The molecule has 2 N–H and O–H groups in total. The monoisotopic (exact) mass is 213 g/mol. The first-order chi connectivity index (χ1) is 5.84. The molecule has 1 aromatic heterocycles. The minimum Gasteiger partial charge on any atom is -0.315 e. The highest BCUT2D eigenvalue weighted by Gasteiger charge is 2.40. The number of hydrogen-bond donors (Lipinski definition) is 1. The van der Waals surface area contributed by atoms with Crippen LogP contribution in [0.5, 0.6) is 0 Å². The fraction of sp³-hybridized carbons (Fsp3) is 0.500. The predicted molar refractivity (Wildman–Crippen MR) is 41.2 cm³/mol. The molecule has 0 fully saturated rings. The van der Waals surface area contributed by atoms with Crippen LogP contribution >= 0.6 is 11.6 Å². The van der Waals surface area contributed by atoms with E-state index in [9.17, 15) is 13.2 Å². The maximum absolute atomic E-state index is 12.1. The second kappa shape index (κ2) is 3.19. The zero-order valence-corrected chi connectivity index (χ0v) is 7.39. The van der Waals surface area contributed by atoms with Gasteiger partial charge >= 0.3 is 6.18 Å². The average molecular weight is 214 g/mol. The Bertz CT molecular complexity index is 287. The van der Waals surface area contributed by atoms with E-state index in [-0.39, 0.29) is 10.7 Å². The van der Waals surface area contributed by atoms with Crippen LogP contribution in [0.3, 0.4) is 0 Å². The molecule has 0 aliphatic heterocycles. The zero-order chi connectivity index (χ0) is 10.2. The van der Waals surface area contributed by atoms with Gasteiger partial charge in [0.15, 0.2) is 0 Å². The van der Waals surface area contributed by atoms with Crippen molar-refractivity contribution in [2.75, 3.05) is 0 Å². The molecule has 1 aromatic rings. The molecule has 0 spiro atoms. The third-order valence-corrected chi connectivity index (χ3v) is 1.88. The third kappa shape index (κ3) is 1.94. The lowest BCUT2D eigenvalue weighted by Crippen LogP contribution is -2.30. The van der Waals surface area contributed by atoms with E-state index < -0.39 is 12.2 Å². The van der Waals surface area contributed by atoms with E-state index in [0.717, 1.165) is 10.9 Å². The topological polar surface area (TPSA) is 43.8 Å². The minimum absolute atomic E-state index is 0.0766. The molecule has 0 aliphatic rings. The quantitative estimate of drug-likeness (QED) is 0.771. The van der Waals surface area contributed by atoms with Gasteiger partial charge in [0.1, 0.15) is 6.04 Å². The van der Waals surface area contributed by atoms with Crippen molar-refractivity contribution < 1.29 is 13.2 Å². The maximum atomic E-state index is 12.1. The normalized spacial score (nSPS) is 14.6. The summed E-state index contributed by atoms with van der Waals surface area (Å²) < 4.78 is 37.5. The Labute approximate surface area is 77.3 Å². The Morgan fingerprint density at radius 2 is 2.15 bits per heavy atom. The van der Waals surface area contributed by atoms with E-state index in [1.807, 2.05) is 0 Å². The van der Waals surface area contributed by atoms with Crippen LogP contribution in [0.15, 0.2) is 6.20 Å². The molecule has 3 nitrogen and oxygen atoms in total. The molecule has 0 radical (unpaired) electrons. The molecule has 0 bridgehead atoms. The number of rotatable bonds is 1. The number of hydrogen-bond acceptors (Lipinski definition) is 2. The molecular weight excluding hydrogens is 207 g/mol. The Hall–Kier alpha value is -0.750. The number of aromatic nitrogens is 2. The van der Waals surface area contributed by atoms with Crippen molar-refractivity contribution in [1.82, 2.24) is 9.78 Å². The van der Waals surface area contributed by atoms with Crippen molar-refractivity contribution in [3.8, 4) is 0 Å². The number of alkyl halides is 3. The Kier molecular flexibility index (Phi) is 2.53. The van der Waals surface area contributed by atoms with Gasteiger partial charge in [0.05, 0.1) is 16.9 Å². The fourth-order valence-electron chi connectivity index (χ4n) is 0.925. The summed E-state index contributed by atoms with van der Waals surface area (Å²) in [5, 5.41) is 3.48. The van der Waals surface area contributed by atoms with E-state index in [4.69, 9.17) is 17.3 Å². The average Bonchev–Trinajstić information content (AvgIpc) is 2.28. The summed E-state index contributed by atoms with van der Waals surface area (Å²) in [4.78, 5) is 0. The van der Waals surface area contributed by atoms with Crippen LogP contribution in [-0.2, 0) is 7.05 Å². The van der Waals surface area contributed by atoms with Gasteiger partial charge in [-0.2, -0.15) is 18.3 Å². The molecule has 7 heteroatoms. The van der Waals surface area contributed by atoms with Gasteiger partial charge in [0.2, 0.25) is 0 Å². The van der Waals surface area contributed by atoms with Gasteiger partial charge in [-0.25, -0.2) is 0 Å². The summed E-state index contributed by atoms with van der Waals surface area (Å²) in [5.74, 6) is 0. The molecule has 1 atom stereocenters. The van der Waals surface area contributed by atoms with Crippen LogP contribution in [-0.4, -0.2) is 16.0 Å². The largest absolute Gasteiger partial charge is 0.409 e. The van der Waals surface area contributed by atoms with Crippen LogP contribution in [0.25, 0.3) is 0 Å². The van der Waals surface area contributed by atoms with Crippen LogP contribution < -0.4 is 5.73 Å². The van der Waals surface area contributed by atoms with Crippen molar-refractivity contribution in [2.24, 2.45) is 12.8 Å². The third-order valence-electron chi connectivity index (χ3n) is 1.58.